The van der Waals surface area contributed by atoms with Gasteiger partial charge in [0.15, 0.2) is 17.5 Å². The topological polar surface area (TPSA) is 81.8 Å². The van der Waals surface area contributed by atoms with Crippen LogP contribution in [0.2, 0.25) is 0 Å². The zero-order valence-electron chi connectivity index (χ0n) is 17.7. The number of aliphatic imine (C=N–C) groups is 1. The van der Waals surface area contributed by atoms with Gasteiger partial charge in [-0.3, -0.25) is 9.98 Å². The van der Waals surface area contributed by atoms with Crippen molar-refractivity contribution in [1.82, 2.24) is 4.98 Å². The summed E-state index contributed by atoms with van der Waals surface area (Å²) in [4.78, 5) is 8.78. The fraction of sp³-hybridized carbons (Fsp3) is 0.280. The monoisotopic (exact) mass is 416 g/mol. The minimum atomic E-state index is 0.00812. The predicted molar refractivity (Wildman–Crippen MR) is 124 cm³/mol. The highest BCUT2D eigenvalue weighted by atomic mass is 16.5. The van der Waals surface area contributed by atoms with E-state index in [-0.39, 0.29) is 12.0 Å². The first-order chi connectivity index (χ1) is 15.2. The lowest BCUT2D eigenvalue weighted by molar-refractivity contribution is 0.116. The van der Waals surface area contributed by atoms with Crippen LogP contribution in [-0.2, 0) is 0 Å². The molecule has 2 aromatic carbocycles. The third-order valence-electron chi connectivity index (χ3n) is 5.53. The van der Waals surface area contributed by atoms with E-state index in [1.165, 1.54) is 6.42 Å². The van der Waals surface area contributed by atoms with Gasteiger partial charge in [-0.2, -0.15) is 0 Å². The van der Waals surface area contributed by atoms with Crippen LogP contribution in [0.5, 0.6) is 11.5 Å². The van der Waals surface area contributed by atoms with Gasteiger partial charge >= 0.3 is 0 Å². The lowest BCUT2D eigenvalue weighted by Gasteiger charge is -2.28. The maximum absolute atomic E-state index is 6.19. The molecule has 1 aliphatic carbocycles. The Morgan fingerprint density at radius 2 is 1.84 bits per heavy atom. The molecule has 1 aliphatic rings. The molecule has 3 aromatic rings. The number of methoxy groups -OCH3 is 1. The van der Waals surface area contributed by atoms with Crippen molar-refractivity contribution >= 4 is 11.6 Å². The van der Waals surface area contributed by atoms with Crippen molar-refractivity contribution in [3.05, 3.63) is 84.2 Å². The molecule has 1 atom stereocenters. The molecule has 1 saturated carbocycles. The van der Waals surface area contributed by atoms with E-state index < -0.39 is 0 Å². The SMILES string of the molecule is COc1ccc(C(CN=C(N)Nc2ccccc2)c2ccncc2)cc1OC1CCC1. The molecular weight excluding hydrogens is 388 g/mol. The highest BCUT2D eigenvalue weighted by Gasteiger charge is 2.22. The third-order valence-corrected chi connectivity index (χ3v) is 5.53. The normalized spacial score (nSPS) is 15.1. The van der Waals surface area contributed by atoms with Gasteiger partial charge in [-0.15, -0.1) is 0 Å². The van der Waals surface area contributed by atoms with Crippen molar-refractivity contribution < 1.29 is 9.47 Å². The number of anilines is 1. The number of ether oxygens (including phenoxy) is 2. The Balaban J connectivity index is 1.59. The average molecular weight is 417 g/mol. The number of hydrogen-bond donors (Lipinski definition) is 2. The first-order valence-electron chi connectivity index (χ1n) is 10.6. The Bertz CT molecular complexity index is 1000. The molecule has 0 radical (unpaired) electrons. The molecule has 160 valence electrons. The number of hydrogen-bond acceptors (Lipinski definition) is 4. The predicted octanol–water partition coefficient (Wildman–Crippen LogP) is 4.58. The van der Waals surface area contributed by atoms with E-state index >= 15 is 0 Å². The van der Waals surface area contributed by atoms with Crippen LogP contribution in [0.3, 0.4) is 0 Å². The molecular formula is C25H28N4O2. The van der Waals surface area contributed by atoms with Gasteiger partial charge in [-0.05, 0) is 66.8 Å². The summed E-state index contributed by atoms with van der Waals surface area (Å²) < 4.78 is 11.7. The summed E-state index contributed by atoms with van der Waals surface area (Å²) in [5.74, 6) is 1.92. The number of nitrogens with two attached hydrogens (primary N) is 1. The van der Waals surface area contributed by atoms with E-state index in [4.69, 9.17) is 15.2 Å². The second-order valence-corrected chi connectivity index (χ2v) is 7.63. The van der Waals surface area contributed by atoms with Crippen molar-refractivity contribution in [1.29, 1.82) is 0 Å². The van der Waals surface area contributed by atoms with Gasteiger partial charge in [0.2, 0.25) is 0 Å². The molecule has 6 nitrogen and oxygen atoms in total. The Morgan fingerprint density at radius 1 is 1.06 bits per heavy atom. The van der Waals surface area contributed by atoms with Crippen LogP contribution in [0.4, 0.5) is 5.69 Å². The number of guanidine groups is 1. The fourth-order valence-electron chi connectivity index (χ4n) is 3.57. The maximum atomic E-state index is 6.19. The van der Waals surface area contributed by atoms with Crippen LogP contribution in [-0.4, -0.2) is 30.7 Å². The molecule has 0 bridgehead atoms. The van der Waals surface area contributed by atoms with Crippen LogP contribution < -0.4 is 20.5 Å². The molecule has 3 N–H and O–H groups in total. The second kappa shape index (κ2) is 9.98. The summed E-state index contributed by atoms with van der Waals surface area (Å²) >= 11 is 0. The molecule has 6 heteroatoms. The molecule has 31 heavy (non-hydrogen) atoms. The van der Waals surface area contributed by atoms with Gasteiger partial charge < -0.3 is 20.5 Å². The number of pyridine rings is 1. The molecule has 4 rings (SSSR count). The number of para-hydroxylation sites is 1. The molecule has 0 aliphatic heterocycles. The lowest BCUT2D eigenvalue weighted by Crippen LogP contribution is -2.25. The minimum absolute atomic E-state index is 0.00812. The Hall–Kier alpha value is -3.54. The van der Waals surface area contributed by atoms with E-state index in [0.29, 0.717) is 12.5 Å². The Labute approximate surface area is 183 Å². The molecule has 1 heterocycles. The van der Waals surface area contributed by atoms with Crippen LogP contribution in [0.25, 0.3) is 0 Å². The largest absolute Gasteiger partial charge is 0.493 e. The first-order valence-corrected chi connectivity index (χ1v) is 10.6. The quantitative estimate of drug-likeness (QED) is 0.415. The van der Waals surface area contributed by atoms with E-state index in [9.17, 15) is 0 Å². The highest BCUT2D eigenvalue weighted by molar-refractivity contribution is 5.92. The molecule has 0 spiro atoms. The first kappa shape index (κ1) is 20.7. The zero-order valence-corrected chi connectivity index (χ0v) is 17.7. The summed E-state index contributed by atoms with van der Waals surface area (Å²) in [5, 5.41) is 3.14. The van der Waals surface area contributed by atoms with Crippen LogP contribution in [0.1, 0.15) is 36.3 Å². The number of benzene rings is 2. The van der Waals surface area contributed by atoms with Crippen LogP contribution in [0, 0.1) is 0 Å². The smallest absolute Gasteiger partial charge is 0.193 e. The van der Waals surface area contributed by atoms with E-state index in [1.807, 2.05) is 48.5 Å². The fourth-order valence-corrected chi connectivity index (χ4v) is 3.57. The van der Waals surface area contributed by atoms with Gasteiger partial charge in [0.05, 0.1) is 19.8 Å². The van der Waals surface area contributed by atoms with E-state index in [0.717, 1.165) is 41.2 Å². The van der Waals surface area contributed by atoms with Crippen molar-refractivity contribution in [2.24, 2.45) is 10.7 Å². The van der Waals surface area contributed by atoms with Gasteiger partial charge in [-0.25, -0.2) is 0 Å². The Kier molecular flexibility index (Phi) is 6.67. The number of aromatic nitrogens is 1. The molecule has 1 aromatic heterocycles. The second-order valence-electron chi connectivity index (χ2n) is 7.63. The van der Waals surface area contributed by atoms with E-state index in [2.05, 4.69) is 27.4 Å². The summed E-state index contributed by atoms with van der Waals surface area (Å²) in [7, 11) is 1.67. The summed E-state index contributed by atoms with van der Waals surface area (Å²) in [5.41, 5.74) is 9.28. The van der Waals surface area contributed by atoms with Gasteiger partial charge in [-0.1, -0.05) is 24.3 Å². The van der Waals surface area contributed by atoms with Crippen molar-refractivity contribution in [2.75, 3.05) is 19.0 Å². The molecule has 0 saturated heterocycles. The molecule has 0 amide bonds. The number of nitrogens with zero attached hydrogens (tertiary/aromatic N) is 2. The van der Waals surface area contributed by atoms with Gasteiger partial charge in [0, 0.05) is 24.0 Å². The van der Waals surface area contributed by atoms with Gasteiger partial charge in [0.1, 0.15) is 0 Å². The molecule has 1 fully saturated rings. The lowest BCUT2D eigenvalue weighted by atomic mass is 9.91. The minimum Gasteiger partial charge on any atom is -0.493 e. The standard InChI is InChI=1S/C25H28N4O2/c1-30-23-11-10-19(16-24(23)31-21-8-5-9-21)22(18-12-14-27-15-13-18)17-28-25(26)29-20-6-3-2-4-7-20/h2-4,6-7,10-16,21-22H,5,8-9,17H2,1H3,(H3,26,28,29). The highest BCUT2D eigenvalue weighted by Crippen LogP contribution is 2.36. The van der Waals surface area contributed by atoms with Crippen molar-refractivity contribution in [3.8, 4) is 11.5 Å². The van der Waals surface area contributed by atoms with Crippen LogP contribution >= 0.6 is 0 Å². The Morgan fingerprint density at radius 3 is 2.52 bits per heavy atom. The maximum Gasteiger partial charge on any atom is 0.193 e. The third kappa shape index (κ3) is 5.34. The summed E-state index contributed by atoms with van der Waals surface area (Å²) in [6, 6.07) is 19.9. The zero-order chi connectivity index (χ0) is 21.5. The number of nitrogens with one attached hydrogen (secondary N) is 1. The molecule has 1 unspecified atom stereocenters. The van der Waals surface area contributed by atoms with Gasteiger partial charge in [0.25, 0.3) is 0 Å². The summed E-state index contributed by atoms with van der Waals surface area (Å²) in [6.07, 6.45) is 7.27. The van der Waals surface area contributed by atoms with E-state index in [1.54, 1.807) is 19.5 Å². The average Bonchev–Trinajstić information content (AvgIpc) is 2.78. The van der Waals surface area contributed by atoms with Crippen molar-refractivity contribution in [2.45, 2.75) is 31.3 Å². The summed E-state index contributed by atoms with van der Waals surface area (Å²) in [6.45, 7) is 0.491. The number of rotatable bonds is 8. The van der Waals surface area contributed by atoms with Crippen molar-refractivity contribution in [3.63, 3.8) is 0 Å². The van der Waals surface area contributed by atoms with Crippen LogP contribution in [0.15, 0.2) is 78.0 Å².